The maximum absolute atomic E-state index is 12.7. The predicted molar refractivity (Wildman–Crippen MR) is 85.8 cm³/mol. The molecule has 3 nitrogen and oxygen atoms in total. The molecule has 3 aromatic rings. The fourth-order valence-electron chi connectivity index (χ4n) is 2.53. The van der Waals surface area contributed by atoms with Crippen LogP contribution in [0.4, 0.5) is 0 Å². The molecule has 1 aromatic heterocycles. The number of rotatable bonds is 2. The van der Waals surface area contributed by atoms with Gasteiger partial charge in [-0.15, -0.1) is 0 Å². The minimum Gasteiger partial charge on any atom is -0.496 e. The van der Waals surface area contributed by atoms with Crippen LogP contribution in [0.1, 0.15) is 5.56 Å². The lowest BCUT2D eigenvalue weighted by Gasteiger charge is -2.12. The molecule has 0 amide bonds. The van der Waals surface area contributed by atoms with E-state index in [1.54, 1.807) is 23.8 Å². The van der Waals surface area contributed by atoms with Gasteiger partial charge < -0.3 is 4.74 Å². The Labute approximate surface area is 127 Å². The molecular formula is C17H14ClNO2. The highest BCUT2D eigenvalue weighted by atomic mass is 35.5. The van der Waals surface area contributed by atoms with Gasteiger partial charge in [0, 0.05) is 22.3 Å². The van der Waals surface area contributed by atoms with Crippen LogP contribution in [0.25, 0.3) is 16.5 Å². The highest BCUT2D eigenvalue weighted by Gasteiger charge is 2.11. The molecule has 0 unspecified atom stereocenters. The second-order valence-corrected chi connectivity index (χ2v) is 5.28. The first kappa shape index (κ1) is 13.7. The highest BCUT2D eigenvalue weighted by molar-refractivity contribution is 6.30. The van der Waals surface area contributed by atoms with Crippen molar-refractivity contribution in [3.63, 3.8) is 0 Å². The van der Waals surface area contributed by atoms with E-state index in [0.29, 0.717) is 16.2 Å². The lowest BCUT2D eigenvalue weighted by molar-refractivity contribution is 0.419. The third kappa shape index (κ3) is 2.30. The Kier molecular flexibility index (Phi) is 3.43. The highest BCUT2D eigenvalue weighted by Crippen LogP contribution is 2.27. The summed E-state index contributed by atoms with van der Waals surface area (Å²) < 4.78 is 6.99. The van der Waals surface area contributed by atoms with Crippen LogP contribution in [0.15, 0.2) is 53.5 Å². The van der Waals surface area contributed by atoms with E-state index in [-0.39, 0.29) is 5.56 Å². The van der Waals surface area contributed by atoms with Crippen molar-refractivity contribution in [3.05, 3.63) is 69.6 Å². The number of halogens is 1. The maximum Gasteiger partial charge on any atom is 0.263 e. The second kappa shape index (κ2) is 5.26. The molecule has 0 spiro atoms. The van der Waals surface area contributed by atoms with Gasteiger partial charge in [-0.2, -0.15) is 0 Å². The van der Waals surface area contributed by atoms with Crippen molar-refractivity contribution in [3.8, 4) is 11.4 Å². The molecule has 0 aliphatic rings. The lowest BCUT2D eigenvalue weighted by Crippen LogP contribution is -2.18. The van der Waals surface area contributed by atoms with Crippen LogP contribution in [0, 0.1) is 6.92 Å². The van der Waals surface area contributed by atoms with Crippen LogP contribution < -0.4 is 10.3 Å². The van der Waals surface area contributed by atoms with Crippen molar-refractivity contribution in [1.29, 1.82) is 0 Å². The van der Waals surface area contributed by atoms with Crippen LogP contribution in [0.2, 0.25) is 5.02 Å². The second-order valence-electron chi connectivity index (χ2n) is 4.85. The average molecular weight is 300 g/mol. The molecule has 3 rings (SSSR count). The Morgan fingerprint density at radius 3 is 2.48 bits per heavy atom. The van der Waals surface area contributed by atoms with Gasteiger partial charge in [-0.05, 0) is 48.9 Å². The van der Waals surface area contributed by atoms with Gasteiger partial charge in [0.15, 0.2) is 0 Å². The third-order valence-electron chi connectivity index (χ3n) is 3.52. The SMILES string of the molecule is COc1cccc2c(=O)n(-c3ccc(Cl)cc3)cc(C)c12. The molecule has 0 aliphatic carbocycles. The summed E-state index contributed by atoms with van der Waals surface area (Å²) in [5.41, 5.74) is 1.70. The summed E-state index contributed by atoms with van der Waals surface area (Å²) in [5.74, 6) is 0.713. The molecule has 0 aliphatic heterocycles. The molecular weight excluding hydrogens is 286 g/mol. The number of aromatic nitrogens is 1. The van der Waals surface area contributed by atoms with E-state index in [1.165, 1.54) is 0 Å². The van der Waals surface area contributed by atoms with Crippen LogP contribution in [0.5, 0.6) is 5.75 Å². The number of methoxy groups -OCH3 is 1. The fraction of sp³-hybridized carbons (Fsp3) is 0.118. The number of hydrogen-bond donors (Lipinski definition) is 0. The molecule has 2 aromatic carbocycles. The molecule has 0 saturated carbocycles. The zero-order valence-electron chi connectivity index (χ0n) is 11.8. The van der Waals surface area contributed by atoms with Crippen LogP contribution >= 0.6 is 11.6 Å². The van der Waals surface area contributed by atoms with Crippen molar-refractivity contribution in [2.75, 3.05) is 7.11 Å². The van der Waals surface area contributed by atoms with E-state index < -0.39 is 0 Å². The Hall–Kier alpha value is -2.26. The van der Waals surface area contributed by atoms with Crippen molar-refractivity contribution in [2.24, 2.45) is 0 Å². The molecule has 1 heterocycles. The summed E-state index contributed by atoms with van der Waals surface area (Å²) in [6.45, 7) is 1.97. The van der Waals surface area contributed by atoms with E-state index in [1.807, 2.05) is 43.5 Å². The van der Waals surface area contributed by atoms with Gasteiger partial charge in [-0.3, -0.25) is 9.36 Å². The predicted octanol–water partition coefficient (Wildman–Crippen LogP) is 3.96. The normalized spacial score (nSPS) is 10.8. The van der Waals surface area contributed by atoms with Gasteiger partial charge in [0.25, 0.3) is 5.56 Å². The van der Waals surface area contributed by atoms with Gasteiger partial charge in [0.2, 0.25) is 0 Å². The van der Waals surface area contributed by atoms with Crippen molar-refractivity contribution < 1.29 is 4.74 Å². The molecule has 0 saturated heterocycles. The summed E-state index contributed by atoms with van der Waals surface area (Å²) >= 11 is 5.90. The number of pyridine rings is 1. The standard InChI is InChI=1S/C17H14ClNO2/c1-11-10-19(13-8-6-12(18)7-9-13)17(20)14-4-3-5-15(21-2)16(11)14/h3-10H,1-2H3. The minimum atomic E-state index is -0.0724. The summed E-state index contributed by atoms with van der Waals surface area (Å²) in [5, 5.41) is 2.14. The Morgan fingerprint density at radius 1 is 1.10 bits per heavy atom. The molecule has 0 atom stereocenters. The molecule has 21 heavy (non-hydrogen) atoms. The molecule has 0 fully saturated rings. The fourth-order valence-corrected chi connectivity index (χ4v) is 2.65. The molecule has 106 valence electrons. The van der Waals surface area contributed by atoms with Crippen LogP contribution in [-0.4, -0.2) is 11.7 Å². The van der Waals surface area contributed by atoms with E-state index in [4.69, 9.17) is 16.3 Å². The third-order valence-corrected chi connectivity index (χ3v) is 3.77. The largest absolute Gasteiger partial charge is 0.496 e. The maximum atomic E-state index is 12.7. The quantitative estimate of drug-likeness (QED) is 0.717. The summed E-state index contributed by atoms with van der Waals surface area (Å²) in [6, 6.07) is 12.7. The van der Waals surface area contributed by atoms with E-state index in [2.05, 4.69) is 0 Å². The number of nitrogens with zero attached hydrogens (tertiary/aromatic N) is 1. The Morgan fingerprint density at radius 2 is 1.81 bits per heavy atom. The molecule has 0 N–H and O–H groups in total. The molecule has 0 radical (unpaired) electrons. The zero-order valence-corrected chi connectivity index (χ0v) is 12.5. The summed E-state index contributed by atoms with van der Waals surface area (Å²) in [6.07, 6.45) is 1.83. The van der Waals surface area contributed by atoms with Gasteiger partial charge in [-0.25, -0.2) is 0 Å². The summed E-state index contributed by atoms with van der Waals surface area (Å²) in [7, 11) is 1.61. The van der Waals surface area contributed by atoms with E-state index >= 15 is 0 Å². The van der Waals surface area contributed by atoms with E-state index in [0.717, 1.165) is 16.6 Å². The van der Waals surface area contributed by atoms with Crippen LogP contribution in [-0.2, 0) is 0 Å². The first-order chi connectivity index (χ1) is 10.1. The molecule has 4 heteroatoms. The zero-order chi connectivity index (χ0) is 15.0. The van der Waals surface area contributed by atoms with Gasteiger partial charge in [0.05, 0.1) is 12.5 Å². The van der Waals surface area contributed by atoms with E-state index in [9.17, 15) is 4.79 Å². The average Bonchev–Trinajstić information content (AvgIpc) is 2.51. The topological polar surface area (TPSA) is 31.2 Å². The first-order valence-electron chi connectivity index (χ1n) is 6.56. The monoisotopic (exact) mass is 299 g/mol. The molecule has 0 bridgehead atoms. The van der Waals surface area contributed by atoms with Crippen molar-refractivity contribution >= 4 is 22.4 Å². The van der Waals surface area contributed by atoms with Crippen molar-refractivity contribution in [1.82, 2.24) is 4.57 Å². The number of fused-ring (bicyclic) bond motifs is 1. The first-order valence-corrected chi connectivity index (χ1v) is 6.94. The number of ether oxygens (including phenoxy) is 1. The van der Waals surface area contributed by atoms with Gasteiger partial charge in [0.1, 0.15) is 5.75 Å². The lowest BCUT2D eigenvalue weighted by atomic mass is 10.1. The summed E-state index contributed by atoms with van der Waals surface area (Å²) in [4.78, 5) is 12.7. The minimum absolute atomic E-state index is 0.0724. The smallest absolute Gasteiger partial charge is 0.263 e. The Balaban J connectivity index is 2.34. The van der Waals surface area contributed by atoms with Crippen LogP contribution in [0.3, 0.4) is 0 Å². The Bertz CT molecular complexity index is 866. The van der Waals surface area contributed by atoms with Crippen molar-refractivity contribution in [2.45, 2.75) is 6.92 Å². The number of benzene rings is 2. The number of hydrogen-bond acceptors (Lipinski definition) is 2. The number of aryl methyl sites for hydroxylation is 1. The van der Waals surface area contributed by atoms with Gasteiger partial charge in [-0.1, -0.05) is 17.7 Å². The van der Waals surface area contributed by atoms with Gasteiger partial charge >= 0.3 is 0 Å².